The summed E-state index contributed by atoms with van der Waals surface area (Å²) in [4.78, 5) is 26.4. The van der Waals surface area contributed by atoms with Crippen LogP contribution in [0.1, 0.15) is 34.1 Å². The molecular formula is C26H27N3O3. The van der Waals surface area contributed by atoms with Gasteiger partial charge in [0.25, 0.3) is 5.56 Å². The summed E-state index contributed by atoms with van der Waals surface area (Å²) in [5.41, 5.74) is 7.31. The molecule has 32 heavy (non-hydrogen) atoms. The molecule has 0 spiro atoms. The first-order chi connectivity index (χ1) is 15.3. The smallest absolute Gasteiger partial charge is 0.331 e. The molecule has 4 aromatic rings. The third-order valence-corrected chi connectivity index (χ3v) is 6.60. The first-order valence-corrected chi connectivity index (χ1v) is 10.9. The fraction of sp³-hybridized carbons (Fsp3) is 0.308. The Balaban J connectivity index is 1.97. The van der Waals surface area contributed by atoms with E-state index in [4.69, 9.17) is 4.74 Å². The molecule has 0 saturated heterocycles. The van der Waals surface area contributed by atoms with E-state index in [1.165, 1.54) is 17.2 Å². The zero-order valence-electron chi connectivity index (χ0n) is 19.1. The van der Waals surface area contributed by atoms with Crippen LogP contribution in [0.5, 0.6) is 0 Å². The highest BCUT2D eigenvalue weighted by atomic mass is 16.5. The fourth-order valence-corrected chi connectivity index (χ4v) is 5.30. The van der Waals surface area contributed by atoms with E-state index in [1.54, 1.807) is 11.6 Å². The van der Waals surface area contributed by atoms with Gasteiger partial charge in [0.2, 0.25) is 0 Å². The molecule has 0 aliphatic carbocycles. The van der Waals surface area contributed by atoms with Crippen LogP contribution in [0.4, 0.5) is 0 Å². The van der Waals surface area contributed by atoms with Crippen LogP contribution < -0.4 is 11.2 Å². The largest absolute Gasteiger partial charge is 0.365 e. The van der Waals surface area contributed by atoms with Gasteiger partial charge in [-0.2, -0.15) is 0 Å². The average molecular weight is 430 g/mol. The lowest BCUT2D eigenvalue weighted by Gasteiger charge is -2.30. The van der Waals surface area contributed by atoms with Crippen LogP contribution in [0.25, 0.3) is 22.2 Å². The minimum Gasteiger partial charge on any atom is -0.365 e. The van der Waals surface area contributed by atoms with Crippen molar-refractivity contribution in [1.29, 1.82) is 0 Å². The lowest BCUT2D eigenvalue weighted by molar-refractivity contribution is 0.0471. The molecule has 0 amide bonds. The summed E-state index contributed by atoms with van der Waals surface area (Å²) in [5.74, 6) is 0. The van der Waals surface area contributed by atoms with E-state index in [9.17, 15) is 9.59 Å². The maximum absolute atomic E-state index is 13.4. The van der Waals surface area contributed by atoms with Crippen molar-refractivity contribution >= 4 is 10.9 Å². The summed E-state index contributed by atoms with van der Waals surface area (Å²) in [6.45, 7) is 7.42. The highest BCUT2D eigenvalue weighted by Crippen LogP contribution is 2.42. The van der Waals surface area contributed by atoms with Gasteiger partial charge in [0, 0.05) is 20.6 Å². The molecule has 6 nitrogen and oxygen atoms in total. The predicted octanol–water partition coefficient (Wildman–Crippen LogP) is 3.75. The Morgan fingerprint density at radius 1 is 0.938 bits per heavy atom. The number of hydrogen-bond donors (Lipinski definition) is 0. The number of benzene rings is 2. The molecule has 1 atom stereocenters. The van der Waals surface area contributed by atoms with Gasteiger partial charge < -0.3 is 9.30 Å². The van der Waals surface area contributed by atoms with E-state index < -0.39 is 0 Å². The van der Waals surface area contributed by atoms with E-state index >= 15 is 0 Å². The van der Waals surface area contributed by atoms with Gasteiger partial charge in [-0.05, 0) is 43.0 Å². The van der Waals surface area contributed by atoms with Crippen molar-refractivity contribution < 1.29 is 4.74 Å². The Morgan fingerprint density at radius 3 is 2.25 bits per heavy atom. The third kappa shape index (κ3) is 2.83. The van der Waals surface area contributed by atoms with Gasteiger partial charge in [-0.1, -0.05) is 48.0 Å². The van der Waals surface area contributed by atoms with Crippen LogP contribution in [0.3, 0.4) is 0 Å². The van der Waals surface area contributed by atoms with Crippen molar-refractivity contribution in [2.24, 2.45) is 14.1 Å². The molecule has 1 aliphatic rings. The molecule has 0 radical (unpaired) electrons. The van der Waals surface area contributed by atoms with Crippen LogP contribution in [-0.4, -0.2) is 20.3 Å². The van der Waals surface area contributed by atoms with Gasteiger partial charge in [0.1, 0.15) is 6.10 Å². The first-order valence-electron chi connectivity index (χ1n) is 10.9. The number of ether oxygens (including phenoxy) is 1. The number of nitrogens with zero attached hydrogens (tertiary/aromatic N) is 3. The van der Waals surface area contributed by atoms with E-state index in [0.29, 0.717) is 24.1 Å². The topological polar surface area (TPSA) is 58.2 Å². The van der Waals surface area contributed by atoms with Crippen LogP contribution in [0.15, 0.2) is 52.1 Å². The maximum atomic E-state index is 13.4. The first kappa shape index (κ1) is 20.5. The number of aromatic nitrogens is 3. The van der Waals surface area contributed by atoms with Crippen molar-refractivity contribution in [3.05, 3.63) is 91.3 Å². The van der Waals surface area contributed by atoms with Crippen LogP contribution >= 0.6 is 0 Å². The van der Waals surface area contributed by atoms with Gasteiger partial charge in [0.05, 0.1) is 28.9 Å². The Morgan fingerprint density at radius 2 is 1.59 bits per heavy atom. The van der Waals surface area contributed by atoms with Crippen molar-refractivity contribution in [3.63, 3.8) is 0 Å². The number of fused-ring (bicyclic) bond motifs is 3. The van der Waals surface area contributed by atoms with Crippen LogP contribution in [-0.2, 0) is 25.4 Å². The molecule has 0 fully saturated rings. The van der Waals surface area contributed by atoms with Gasteiger partial charge in [-0.25, -0.2) is 4.79 Å². The minimum absolute atomic E-state index is 0.278. The van der Waals surface area contributed by atoms with E-state index in [-0.39, 0.29) is 17.4 Å². The van der Waals surface area contributed by atoms with E-state index in [2.05, 4.69) is 37.5 Å². The zero-order chi connectivity index (χ0) is 22.7. The fourth-order valence-electron chi connectivity index (χ4n) is 5.30. The molecule has 2 aromatic carbocycles. The monoisotopic (exact) mass is 429 g/mol. The lowest BCUT2D eigenvalue weighted by Crippen LogP contribution is -2.37. The molecule has 1 aliphatic heterocycles. The van der Waals surface area contributed by atoms with Gasteiger partial charge in [-0.15, -0.1) is 0 Å². The molecule has 6 heteroatoms. The second kappa shape index (κ2) is 7.35. The molecule has 5 rings (SSSR count). The molecule has 164 valence electrons. The quantitative estimate of drug-likeness (QED) is 0.488. The zero-order valence-corrected chi connectivity index (χ0v) is 19.1. The van der Waals surface area contributed by atoms with Crippen LogP contribution in [0.2, 0.25) is 0 Å². The second-order valence-electron chi connectivity index (χ2n) is 8.74. The van der Waals surface area contributed by atoms with Crippen molar-refractivity contribution in [2.45, 2.75) is 33.4 Å². The molecule has 0 bridgehead atoms. The average Bonchev–Trinajstić information content (AvgIpc) is 3.12. The van der Waals surface area contributed by atoms with Gasteiger partial charge in [-0.3, -0.25) is 13.9 Å². The number of hydrogen-bond acceptors (Lipinski definition) is 3. The standard InChI is InChI=1S/C26H27N3O3/c1-15-13-16(2)19(17(3)14-15)24-23-22-20(25(30)28(5)26(31)27(22)4)21(29(23)11-12-32-24)18-9-7-6-8-10-18/h6-10,13-14,24H,11-12H2,1-5H3/t24-/m1/s1. The Labute approximate surface area is 186 Å². The molecule has 0 N–H and O–H groups in total. The summed E-state index contributed by atoms with van der Waals surface area (Å²) in [7, 11) is 3.28. The highest BCUT2D eigenvalue weighted by Gasteiger charge is 2.34. The molecule has 2 aromatic heterocycles. The van der Waals surface area contributed by atoms with Crippen molar-refractivity contribution in [2.75, 3.05) is 6.61 Å². The third-order valence-electron chi connectivity index (χ3n) is 6.60. The Bertz CT molecular complexity index is 1470. The summed E-state index contributed by atoms with van der Waals surface area (Å²) in [5, 5.41) is 0.564. The van der Waals surface area contributed by atoms with Gasteiger partial charge >= 0.3 is 5.69 Å². The summed E-state index contributed by atoms with van der Waals surface area (Å²) in [6.07, 6.45) is -0.359. The molecule has 0 unspecified atom stereocenters. The van der Waals surface area contributed by atoms with Crippen molar-refractivity contribution in [3.8, 4) is 11.3 Å². The second-order valence-corrected chi connectivity index (χ2v) is 8.74. The van der Waals surface area contributed by atoms with Gasteiger partial charge in [0.15, 0.2) is 0 Å². The maximum Gasteiger partial charge on any atom is 0.331 e. The normalized spacial score (nSPS) is 15.8. The Hall–Kier alpha value is -3.38. The SMILES string of the molecule is Cc1cc(C)c([C@H]2OCCn3c(-c4ccccc4)c4c(=O)n(C)c(=O)n(C)c4c32)c(C)c1. The highest BCUT2D eigenvalue weighted by molar-refractivity contribution is 5.96. The van der Waals surface area contributed by atoms with Crippen LogP contribution in [0, 0.1) is 20.8 Å². The Kier molecular flexibility index (Phi) is 4.71. The molecular weight excluding hydrogens is 402 g/mol. The van der Waals surface area contributed by atoms with E-state index in [1.807, 2.05) is 30.3 Å². The molecule has 3 heterocycles. The van der Waals surface area contributed by atoms with E-state index in [0.717, 1.165) is 33.6 Å². The summed E-state index contributed by atoms with van der Waals surface area (Å²) >= 11 is 0. The predicted molar refractivity (Wildman–Crippen MR) is 126 cm³/mol. The number of rotatable bonds is 2. The lowest BCUT2D eigenvalue weighted by atomic mass is 9.93. The minimum atomic E-state index is -0.359. The molecule has 0 saturated carbocycles. The summed E-state index contributed by atoms with van der Waals surface area (Å²) < 4.78 is 11.3. The summed E-state index contributed by atoms with van der Waals surface area (Å²) in [6, 6.07) is 14.2. The number of aryl methyl sites for hydroxylation is 4. The van der Waals surface area contributed by atoms with Crippen molar-refractivity contribution in [1.82, 2.24) is 13.7 Å².